The fourth-order valence-corrected chi connectivity index (χ4v) is 5.22. The predicted molar refractivity (Wildman–Crippen MR) is 138 cm³/mol. The van der Waals surface area contributed by atoms with Gasteiger partial charge < -0.3 is 15.0 Å². The summed E-state index contributed by atoms with van der Waals surface area (Å²) in [7, 11) is 0. The molecule has 1 fully saturated rings. The van der Waals surface area contributed by atoms with Gasteiger partial charge in [0, 0.05) is 35.8 Å². The Morgan fingerprint density at radius 2 is 1.78 bits per heavy atom. The highest BCUT2D eigenvalue weighted by molar-refractivity contribution is 6.05. The van der Waals surface area contributed by atoms with Crippen LogP contribution in [0.25, 0.3) is 10.9 Å². The molecule has 2 aromatic carbocycles. The number of anilines is 1. The number of carbonyl (C=O) groups is 3. The number of amides is 2. The molecule has 2 amide bonds. The normalized spacial score (nSPS) is 15.9. The van der Waals surface area contributed by atoms with Crippen molar-refractivity contribution in [2.75, 3.05) is 25.0 Å². The summed E-state index contributed by atoms with van der Waals surface area (Å²) < 4.78 is 5.57. The number of ether oxygens (including phenoxy) is 1. The van der Waals surface area contributed by atoms with Gasteiger partial charge in [-0.15, -0.1) is 0 Å². The van der Waals surface area contributed by atoms with Crippen molar-refractivity contribution in [2.24, 2.45) is 5.92 Å². The van der Waals surface area contributed by atoms with Crippen molar-refractivity contribution in [2.45, 2.75) is 45.4 Å². The Morgan fingerprint density at radius 3 is 2.56 bits per heavy atom. The zero-order chi connectivity index (χ0) is 25.1. The lowest BCUT2D eigenvalue weighted by atomic mass is 9.89. The standard InChI is InChI=1S/C29H31N3O4/c1-19-11-12-25-23(17-19)27(22-9-5-6-10-24(22)31-25)29(35)36-18-26(33)32-15-13-20(14-16-32)28(34)30-21-7-3-2-4-8-21/h2-4,7-8,11-12,17,20H,5-6,9-10,13-16,18H2,1H3,(H,30,34). The smallest absolute Gasteiger partial charge is 0.339 e. The van der Waals surface area contributed by atoms with E-state index in [1.165, 1.54) is 0 Å². The fourth-order valence-electron chi connectivity index (χ4n) is 5.22. The number of nitrogens with one attached hydrogen (secondary N) is 1. The van der Waals surface area contributed by atoms with Crippen molar-refractivity contribution in [3.8, 4) is 0 Å². The summed E-state index contributed by atoms with van der Waals surface area (Å²) in [4.78, 5) is 45.2. The molecule has 2 heterocycles. The van der Waals surface area contributed by atoms with Crippen LogP contribution >= 0.6 is 0 Å². The number of carbonyl (C=O) groups excluding carboxylic acids is 3. The molecule has 0 bridgehead atoms. The maximum atomic E-state index is 13.3. The zero-order valence-electron chi connectivity index (χ0n) is 20.6. The number of aryl methyl sites for hydroxylation is 2. The number of hydrogen-bond acceptors (Lipinski definition) is 5. The molecule has 1 N–H and O–H groups in total. The number of piperidine rings is 1. The first-order valence-corrected chi connectivity index (χ1v) is 12.7. The zero-order valence-corrected chi connectivity index (χ0v) is 20.6. The highest BCUT2D eigenvalue weighted by atomic mass is 16.5. The monoisotopic (exact) mass is 485 g/mol. The number of nitrogens with zero attached hydrogens (tertiary/aromatic N) is 2. The third-order valence-corrected chi connectivity index (χ3v) is 7.21. The Bertz CT molecular complexity index is 1300. The Labute approximate surface area is 210 Å². The van der Waals surface area contributed by atoms with E-state index < -0.39 is 5.97 Å². The van der Waals surface area contributed by atoms with Gasteiger partial charge in [0.15, 0.2) is 6.61 Å². The molecule has 1 aliphatic heterocycles. The summed E-state index contributed by atoms with van der Waals surface area (Å²) in [6.45, 7) is 2.62. The first kappa shape index (κ1) is 24.0. The van der Waals surface area contributed by atoms with E-state index >= 15 is 0 Å². The van der Waals surface area contributed by atoms with Gasteiger partial charge in [0.25, 0.3) is 5.91 Å². The van der Waals surface area contributed by atoms with Crippen LogP contribution in [0.3, 0.4) is 0 Å². The Kier molecular flexibility index (Phi) is 6.98. The first-order valence-electron chi connectivity index (χ1n) is 12.7. The van der Waals surface area contributed by atoms with Crippen LogP contribution in [0.4, 0.5) is 5.69 Å². The number of rotatable bonds is 5. The number of aromatic nitrogens is 1. The topological polar surface area (TPSA) is 88.6 Å². The van der Waals surface area contributed by atoms with Crippen molar-refractivity contribution in [1.29, 1.82) is 0 Å². The van der Waals surface area contributed by atoms with E-state index in [0.29, 0.717) is 31.5 Å². The number of pyridine rings is 1. The van der Waals surface area contributed by atoms with Gasteiger partial charge in [0.1, 0.15) is 0 Å². The Morgan fingerprint density at radius 1 is 1.03 bits per heavy atom. The number of likely N-dealkylation sites (tertiary alicyclic amines) is 1. The van der Waals surface area contributed by atoms with Crippen molar-refractivity contribution < 1.29 is 19.1 Å². The summed E-state index contributed by atoms with van der Waals surface area (Å²) in [6.07, 6.45) is 4.89. The molecule has 0 unspecified atom stereocenters. The van der Waals surface area contributed by atoms with E-state index in [-0.39, 0.29) is 24.3 Å². The van der Waals surface area contributed by atoms with Gasteiger partial charge >= 0.3 is 5.97 Å². The molecule has 7 nitrogen and oxygen atoms in total. The second-order valence-electron chi connectivity index (χ2n) is 9.73. The van der Waals surface area contributed by atoms with Gasteiger partial charge in [0.2, 0.25) is 5.91 Å². The minimum Gasteiger partial charge on any atom is -0.452 e. The minimum absolute atomic E-state index is 0.0237. The van der Waals surface area contributed by atoms with E-state index in [1.54, 1.807) is 4.90 Å². The van der Waals surface area contributed by atoms with Gasteiger partial charge in [0.05, 0.1) is 11.1 Å². The van der Waals surface area contributed by atoms with Gasteiger partial charge in [-0.05, 0) is 75.3 Å². The number of benzene rings is 2. The fraction of sp³-hybridized carbons (Fsp3) is 0.379. The van der Waals surface area contributed by atoms with Crippen molar-refractivity contribution >= 4 is 34.4 Å². The largest absolute Gasteiger partial charge is 0.452 e. The van der Waals surface area contributed by atoms with E-state index in [9.17, 15) is 14.4 Å². The first-order chi connectivity index (χ1) is 17.5. The lowest BCUT2D eigenvalue weighted by molar-refractivity contribution is -0.137. The summed E-state index contributed by atoms with van der Waals surface area (Å²) in [5.74, 6) is -0.857. The van der Waals surface area contributed by atoms with E-state index in [4.69, 9.17) is 9.72 Å². The molecule has 0 radical (unpaired) electrons. The number of para-hydroxylation sites is 1. The Balaban J connectivity index is 1.21. The minimum atomic E-state index is -0.461. The van der Waals surface area contributed by atoms with Crippen molar-refractivity contribution in [3.63, 3.8) is 0 Å². The molecular formula is C29H31N3O4. The average molecular weight is 486 g/mol. The van der Waals surface area contributed by atoms with E-state index in [0.717, 1.165) is 59.1 Å². The molecule has 1 saturated heterocycles. The predicted octanol–water partition coefficient (Wildman–Crippen LogP) is 4.46. The summed E-state index contributed by atoms with van der Waals surface area (Å²) in [5, 5.41) is 3.73. The SMILES string of the molecule is Cc1ccc2nc3c(c(C(=O)OCC(=O)N4CCC(C(=O)Nc5ccccc5)CC4)c2c1)CCCC3. The lowest BCUT2D eigenvalue weighted by Gasteiger charge is -2.31. The molecule has 2 aliphatic rings. The number of esters is 1. The molecule has 5 rings (SSSR count). The van der Waals surface area contributed by atoms with Crippen LogP contribution in [-0.4, -0.2) is 47.4 Å². The molecule has 0 atom stereocenters. The van der Waals surface area contributed by atoms with Crippen LogP contribution in [0.2, 0.25) is 0 Å². The molecule has 0 spiro atoms. The quantitative estimate of drug-likeness (QED) is 0.539. The van der Waals surface area contributed by atoms with Crippen LogP contribution in [0.5, 0.6) is 0 Å². The number of fused-ring (bicyclic) bond motifs is 2. The van der Waals surface area contributed by atoms with Crippen LogP contribution in [0.1, 0.15) is 52.9 Å². The summed E-state index contributed by atoms with van der Waals surface area (Å²) in [6, 6.07) is 15.3. The summed E-state index contributed by atoms with van der Waals surface area (Å²) >= 11 is 0. The second-order valence-corrected chi connectivity index (χ2v) is 9.73. The van der Waals surface area contributed by atoms with Gasteiger partial charge in [-0.1, -0.05) is 29.8 Å². The van der Waals surface area contributed by atoms with Crippen molar-refractivity contribution in [3.05, 3.63) is 70.9 Å². The van der Waals surface area contributed by atoms with Crippen LogP contribution in [-0.2, 0) is 27.2 Å². The van der Waals surface area contributed by atoms with E-state index in [1.807, 2.05) is 55.5 Å². The Hall–Kier alpha value is -3.74. The highest BCUT2D eigenvalue weighted by Crippen LogP contribution is 2.30. The lowest BCUT2D eigenvalue weighted by Crippen LogP contribution is -2.43. The van der Waals surface area contributed by atoms with Gasteiger partial charge in [-0.3, -0.25) is 14.6 Å². The van der Waals surface area contributed by atoms with E-state index in [2.05, 4.69) is 5.32 Å². The van der Waals surface area contributed by atoms with Gasteiger partial charge in [-0.2, -0.15) is 0 Å². The molecule has 186 valence electrons. The highest BCUT2D eigenvalue weighted by Gasteiger charge is 2.29. The molecular weight excluding hydrogens is 454 g/mol. The molecule has 3 aromatic rings. The van der Waals surface area contributed by atoms with Crippen LogP contribution in [0, 0.1) is 12.8 Å². The third kappa shape index (κ3) is 5.10. The third-order valence-electron chi connectivity index (χ3n) is 7.21. The maximum Gasteiger partial charge on any atom is 0.339 e. The maximum absolute atomic E-state index is 13.3. The average Bonchev–Trinajstić information content (AvgIpc) is 2.91. The van der Waals surface area contributed by atoms with Gasteiger partial charge in [-0.25, -0.2) is 4.79 Å². The molecule has 7 heteroatoms. The molecule has 36 heavy (non-hydrogen) atoms. The van der Waals surface area contributed by atoms with Crippen LogP contribution in [0.15, 0.2) is 48.5 Å². The summed E-state index contributed by atoms with van der Waals surface area (Å²) in [5.41, 5.74) is 5.09. The second kappa shape index (κ2) is 10.5. The van der Waals surface area contributed by atoms with Crippen molar-refractivity contribution in [1.82, 2.24) is 9.88 Å². The molecule has 0 saturated carbocycles. The van der Waals surface area contributed by atoms with Crippen LogP contribution < -0.4 is 5.32 Å². The molecule has 1 aromatic heterocycles. The molecule has 1 aliphatic carbocycles. The number of hydrogen-bond donors (Lipinski definition) is 1.